The monoisotopic (exact) mass is 175 g/mol. The Morgan fingerprint density at radius 1 is 1.31 bits per heavy atom. The summed E-state index contributed by atoms with van der Waals surface area (Å²) in [7, 11) is 1.78. The maximum Gasteiger partial charge on any atom is 0.338 e. The lowest BCUT2D eigenvalue weighted by Crippen LogP contribution is -2.00. The fourth-order valence-electron chi connectivity index (χ4n) is 1.32. The van der Waals surface area contributed by atoms with Gasteiger partial charge in [-0.15, -0.1) is 0 Å². The number of hydrogen-bond donors (Lipinski definition) is 1. The van der Waals surface area contributed by atoms with Crippen LogP contribution in [0.2, 0.25) is 0 Å². The number of benzene rings is 1. The standard InChI is InChI=1S/C10H9NO2/c1-11-8-6-10(12)13-9-5-3-2-4-7(8)9/h2-6,11H,1H3. The largest absolute Gasteiger partial charge is 0.423 e. The quantitative estimate of drug-likeness (QED) is 0.672. The van der Waals surface area contributed by atoms with E-state index in [2.05, 4.69) is 5.32 Å². The molecule has 0 aliphatic heterocycles. The van der Waals surface area contributed by atoms with Gasteiger partial charge in [-0.3, -0.25) is 0 Å². The van der Waals surface area contributed by atoms with E-state index in [-0.39, 0.29) is 5.63 Å². The van der Waals surface area contributed by atoms with Crippen LogP contribution in [0.4, 0.5) is 5.69 Å². The summed E-state index contributed by atoms with van der Waals surface area (Å²) in [4.78, 5) is 11.1. The number of anilines is 1. The molecule has 0 spiro atoms. The summed E-state index contributed by atoms with van der Waals surface area (Å²) in [5.74, 6) is 0. The van der Waals surface area contributed by atoms with Crippen molar-refractivity contribution < 1.29 is 4.42 Å². The molecule has 0 amide bonds. The molecule has 0 saturated heterocycles. The van der Waals surface area contributed by atoms with E-state index < -0.39 is 0 Å². The summed E-state index contributed by atoms with van der Waals surface area (Å²) >= 11 is 0. The Kier molecular flexibility index (Phi) is 1.77. The SMILES string of the molecule is CNc1cc(=O)oc2ccccc12. The van der Waals surface area contributed by atoms with Gasteiger partial charge in [-0.05, 0) is 12.1 Å². The van der Waals surface area contributed by atoms with Crippen LogP contribution in [0.5, 0.6) is 0 Å². The lowest BCUT2D eigenvalue weighted by atomic mass is 10.2. The minimum atomic E-state index is -0.331. The maximum absolute atomic E-state index is 11.1. The normalized spacial score (nSPS) is 10.2. The molecule has 0 bridgehead atoms. The highest BCUT2D eigenvalue weighted by atomic mass is 16.4. The van der Waals surface area contributed by atoms with Crippen LogP contribution in [0.1, 0.15) is 0 Å². The molecule has 2 aromatic rings. The number of nitrogens with one attached hydrogen (secondary N) is 1. The van der Waals surface area contributed by atoms with Crippen LogP contribution in [-0.2, 0) is 0 Å². The summed E-state index contributed by atoms with van der Waals surface area (Å²) < 4.78 is 5.01. The molecule has 0 atom stereocenters. The second-order valence-electron chi connectivity index (χ2n) is 2.73. The summed E-state index contributed by atoms with van der Waals surface area (Å²) in [6, 6.07) is 8.87. The van der Waals surface area contributed by atoms with E-state index in [9.17, 15) is 4.79 Å². The van der Waals surface area contributed by atoms with Gasteiger partial charge in [0.2, 0.25) is 0 Å². The Balaban J connectivity index is 2.89. The maximum atomic E-state index is 11.1. The van der Waals surface area contributed by atoms with Crippen LogP contribution in [0.3, 0.4) is 0 Å². The van der Waals surface area contributed by atoms with Crippen molar-refractivity contribution in [3.8, 4) is 0 Å². The van der Waals surface area contributed by atoms with Gasteiger partial charge in [0.1, 0.15) is 5.58 Å². The zero-order valence-corrected chi connectivity index (χ0v) is 7.20. The second kappa shape index (κ2) is 2.94. The summed E-state index contributed by atoms with van der Waals surface area (Å²) in [6.07, 6.45) is 0. The average Bonchev–Trinajstić information content (AvgIpc) is 2.16. The van der Waals surface area contributed by atoms with Crippen molar-refractivity contribution in [3.05, 3.63) is 40.8 Å². The van der Waals surface area contributed by atoms with Gasteiger partial charge in [0, 0.05) is 18.5 Å². The summed E-state index contributed by atoms with van der Waals surface area (Å²) in [5.41, 5.74) is 1.08. The third kappa shape index (κ3) is 1.28. The predicted octanol–water partition coefficient (Wildman–Crippen LogP) is 1.83. The molecular formula is C10H9NO2. The van der Waals surface area contributed by atoms with Crippen LogP contribution in [0, 0.1) is 0 Å². The lowest BCUT2D eigenvalue weighted by molar-refractivity contribution is 0.561. The molecular weight excluding hydrogens is 166 g/mol. The van der Waals surface area contributed by atoms with Gasteiger partial charge in [-0.1, -0.05) is 12.1 Å². The zero-order chi connectivity index (χ0) is 9.26. The van der Waals surface area contributed by atoms with Crippen LogP contribution in [-0.4, -0.2) is 7.05 Å². The van der Waals surface area contributed by atoms with Gasteiger partial charge in [0.25, 0.3) is 0 Å². The predicted molar refractivity (Wildman–Crippen MR) is 52.0 cm³/mol. The highest BCUT2D eigenvalue weighted by Gasteiger charge is 2.01. The summed E-state index contributed by atoms with van der Waals surface area (Å²) in [6.45, 7) is 0. The molecule has 2 rings (SSSR count). The van der Waals surface area contributed by atoms with Gasteiger partial charge in [0.15, 0.2) is 0 Å². The molecule has 13 heavy (non-hydrogen) atoms. The van der Waals surface area contributed by atoms with E-state index in [1.165, 1.54) is 6.07 Å². The minimum Gasteiger partial charge on any atom is -0.423 e. The Labute approximate surface area is 75.0 Å². The van der Waals surface area contributed by atoms with Gasteiger partial charge < -0.3 is 9.73 Å². The molecule has 66 valence electrons. The number of para-hydroxylation sites is 1. The molecule has 0 fully saturated rings. The smallest absolute Gasteiger partial charge is 0.338 e. The molecule has 3 heteroatoms. The molecule has 0 saturated carbocycles. The number of hydrogen-bond acceptors (Lipinski definition) is 3. The van der Waals surface area contributed by atoms with Crippen molar-refractivity contribution >= 4 is 16.7 Å². The van der Waals surface area contributed by atoms with Crippen molar-refractivity contribution in [3.63, 3.8) is 0 Å². The zero-order valence-electron chi connectivity index (χ0n) is 7.20. The molecule has 3 nitrogen and oxygen atoms in total. The first-order valence-electron chi connectivity index (χ1n) is 4.02. The Bertz CT molecular complexity index is 487. The highest BCUT2D eigenvalue weighted by molar-refractivity contribution is 5.89. The van der Waals surface area contributed by atoms with Crippen molar-refractivity contribution in [2.75, 3.05) is 12.4 Å². The first kappa shape index (κ1) is 7.86. The fourth-order valence-corrected chi connectivity index (χ4v) is 1.32. The molecule has 0 unspecified atom stereocenters. The third-order valence-electron chi connectivity index (χ3n) is 1.92. The average molecular weight is 175 g/mol. The molecule has 0 radical (unpaired) electrons. The molecule has 0 aliphatic carbocycles. The molecule has 1 aromatic carbocycles. The van der Waals surface area contributed by atoms with E-state index in [1.54, 1.807) is 13.1 Å². The molecule has 1 heterocycles. The number of fused-ring (bicyclic) bond motifs is 1. The van der Waals surface area contributed by atoms with Gasteiger partial charge in [-0.25, -0.2) is 4.79 Å². The second-order valence-corrected chi connectivity index (χ2v) is 2.73. The van der Waals surface area contributed by atoms with Crippen molar-refractivity contribution in [1.29, 1.82) is 0 Å². The number of rotatable bonds is 1. The van der Waals surface area contributed by atoms with E-state index in [4.69, 9.17) is 4.42 Å². The lowest BCUT2D eigenvalue weighted by Gasteiger charge is -2.02. The first-order chi connectivity index (χ1) is 6.31. The van der Waals surface area contributed by atoms with E-state index in [0.29, 0.717) is 5.58 Å². The van der Waals surface area contributed by atoms with E-state index in [0.717, 1.165) is 11.1 Å². The Morgan fingerprint density at radius 2 is 2.08 bits per heavy atom. The van der Waals surface area contributed by atoms with E-state index >= 15 is 0 Å². The van der Waals surface area contributed by atoms with Gasteiger partial charge in [0.05, 0.1) is 5.69 Å². The highest BCUT2D eigenvalue weighted by Crippen LogP contribution is 2.19. The van der Waals surface area contributed by atoms with Crippen molar-refractivity contribution in [2.45, 2.75) is 0 Å². The first-order valence-corrected chi connectivity index (χ1v) is 4.02. The Morgan fingerprint density at radius 3 is 2.85 bits per heavy atom. The summed E-state index contributed by atoms with van der Waals surface area (Å²) in [5, 5.41) is 3.87. The molecule has 1 N–H and O–H groups in total. The fraction of sp³-hybridized carbons (Fsp3) is 0.100. The topological polar surface area (TPSA) is 42.2 Å². The Hall–Kier alpha value is -1.77. The van der Waals surface area contributed by atoms with Crippen molar-refractivity contribution in [2.24, 2.45) is 0 Å². The molecule has 1 aromatic heterocycles. The third-order valence-corrected chi connectivity index (χ3v) is 1.92. The van der Waals surface area contributed by atoms with Crippen LogP contribution in [0.15, 0.2) is 39.5 Å². The van der Waals surface area contributed by atoms with Crippen LogP contribution >= 0.6 is 0 Å². The van der Waals surface area contributed by atoms with Gasteiger partial charge >= 0.3 is 5.63 Å². The van der Waals surface area contributed by atoms with Gasteiger partial charge in [-0.2, -0.15) is 0 Å². The van der Waals surface area contributed by atoms with Crippen LogP contribution < -0.4 is 10.9 Å². The minimum absolute atomic E-state index is 0.331. The van der Waals surface area contributed by atoms with E-state index in [1.807, 2.05) is 18.2 Å². The van der Waals surface area contributed by atoms with Crippen LogP contribution in [0.25, 0.3) is 11.0 Å². The van der Waals surface area contributed by atoms with Crippen molar-refractivity contribution in [1.82, 2.24) is 0 Å². The molecule has 0 aliphatic rings.